The van der Waals surface area contributed by atoms with Crippen molar-refractivity contribution in [3.63, 3.8) is 0 Å². The molecule has 4 N–H and O–H groups in total. The van der Waals surface area contributed by atoms with Gasteiger partial charge in [0.25, 0.3) is 0 Å². The maximum atomic E-state index is 11.9. The van der Waals surface area contributed by atoms with Gasteiger partial charge in [-0.25, -0.2) is 0 Å². The number of carbonyl (C=O) groups excluding carboxylic acids is 2. The summed E-state index contributed by atoms with van der Waals surface area (Å²) in [6, 6.07) is 10.5. The lowest BCUT2D eigenvalue weighted by atomic mass is 10.1. The van der Waals surface area contributed by atoms with Crippen LogP contribution in [0.1, 0.15) is 11.1 Å². The van der Waals surface area contributed by atoms with Crippen LogP contribution in [-0.2, 0) is 16.0 Å². The molecule has 0 fully saturated rings. The number of rotatable bonds is 5. The van der Waals surface area contributed by atoms with Gasteiger partial charge in [0.1, 0.15) is 17.5 Å². The van der Waals surface area contributed by atoms with Crippen LogP contribution in [0.25, 0.3) is 0 Å². The van der Waals surface area contributed by atoms with Crippen molar-refractivity contribution in [3.8, 4) is 6.07 Å². The highest BCUT2D eigenvalue weighted by molar-refractivity contribution is 6.39. The van der Waals surface area contributed by atoms with Gasteiger partial charge in [0, 0.05) is 0 Å². The Hall–Kier alpha value is -3.18. The molecular weight excluding hydrogens is 298 g/mol. The molecule has 1 atom stereocenters. The second-order valence-electron chi connectivity index (χ2n) is 4.77. The molecule has 0 aliphatic carbocycles. The normalized spacial score (nSPS) is 11.3. The molecule has 0 aliphatic heterocycles. The van der Waals surface area contributed by atoms with Gasteiger partial charge in [-0.3, -0.25) is 14.7 Å². The molecule has 1 heterocycles. The number of nitrogens with one attached hydrogen (secondary N) is 3. The van der Waals surface area contributed by atoms with E-state index >= 15 is 0 Å². The number of aliphatic hydroxyl groups is 1. The molecule has 2 rings (SSSR count). The third-order valence-corrected chi connectivity index (χ3v) is 3.09. The predicted octanol–water partition coefficient (Wildman–Crippen LogP) is -0.0603. The Morgan fingerprint density at radius 2 is 2.04 bits per heavy atom. The highest BCUT2D eigenvalue weighted by Crippen LogP contribution is 2.08. The zero-order valence-electron chi connectivity index (χ0n) is 12.1. The number of aromatic amines is 1. The Bertz CT molecular complexity index is 720. The fraction of sp³-hybridized carbons (Fsp3) is 0.200. The van der Waals surface area contributed by atoms with Crippen LogP contribution in [0.4, 0.5) is 5.82 Å². The van der Waals surface area contributed by atoms with Gasteiger partial charge in [0.05, 0.1) is 18.8 Å². The maximum absolute atomic E-state index is 11.9. The molecule has 2 aromatic rings. The Balaban J connectivity index is 1.94. The molecule has 2 amide bonds. The molecular formula is C15H15N5O3. The third kappa shape index (κ3) is 4.39. The topological polar surface area (TPSA) is 131 Å². The van der Waals surface area contributed by atoms with Crippen molar-refractivity contribution in [2.75, 3.05) is 11.9 Å². The van der Waals surface area contributed by atoms with Crippen molar-refractivity contribution in [2.45, 2.75) is 12.5 Å². The van der Waals surface area contributed by atoms with Crippen LogP contribution in [0.3, 0.4) is 0 Å². The molecule has 23 heavy (non-hydrogen) atoms. The summed E-state index contributed by atoms with van der Waals surface area (Å²) >= 11 is 0. The van der Waals surface area contributed by atoms with Crippen LogP contribution >= 0.6 is 0 Å². The summed E-state index contributed by atoms with van der Waals surface area (Å²) in [6.45, 7) is -0.304. The zero-order chi connectivity index (χ0) is 16.7. The first-order valence-corrected chi connectivity index (χ1v) is 6.84. The van der Waals surface area contributed by atoms with E-state index in [-0.39, 0.29) is 18.0 Å². The number of H-pyrrole nitrogens is 1. The minimum atomic E-state index is -0.947. The number of hydrogen-bond acceptors (Lipinski definition) is 5. The van der Waals surface area contributed by atoms with Gasteiger partial charge in [0.15, 0.2) is 0 Å². The Kier molecular flexibility index (Phi) is 5.44. The van der Waals surface area contributed by atoms with E-state index in [0.29, 0.717) is 6.42 Å². The van der Waals surface area contributed by atoms with E-state index in [1.807, 2.05) is 36.4 Å². The smallest absolute Gasteiger partial charge is 0.314 e. The standard InChI is InChI=1S/C15H15N5O3/c16-7-11-8-17-20-13(11)19-15(23)14(22)18-12(9-21)6-10-4-2-1-3-5-10/h1-5,8,12,21H,6,9H2,(H,18,22)(H2,17,19,20,23)/t12-/m1/s1. The minimum Gasteiger partial charge on any atom is -0.394 e. The van der Waals surface area contributed by atoms with E-state index in [0.717, 1.165) is 5.56 Å². The molecule has 1 aromatic heterocycles. The highest BCUT2D eigenvalue weighted by Gasteiger charge is 2.20. The summed E-state index contributed by atoms with van der Waals surface area (Å²) in [6.07, 6.45) is 1.63. The van der Waals surface area contributed by atoms with E-state index in [1.165, 1.54) is 6.20 Å². The van der Waals surface area contributed by atoms with Gasteiger partial charge in [0.2, 0.25) is 0 Å². The highest BCUT2D eigenvalue weighted by atomic mass is 16.3. The first-order valence-electron chi connectivity index (χ1n) is 6.84. The van der Waals surface area contributed by atoms with Gasteiger partial charge < -0.3 is 15.7 Å². The predicted molar refractivity (Wildman–Crippen MR) is 81.1 cm³/mol. The Labute approximate surface area is 132 Å². The molecule has 0 unspecified atom stereocenters. The number of aromatic nitrogens is 2. The lowest BCUT2D eigenvalue weighted by molar-refractivity contribution is -0.136. The molecule has 8 nitrogen and oxygen atoms in total. The van der Waals surface area contributed by atoms with E-state index in [9.17, 15) is 14.7 Å². The Morgan fingerprint density at radius 3 is 2.70 bits per heavy atom. The molecule has 0 saturated carbocycles. The van der Waals surface area contributed by atoms with Crippen LogP contribution < -0.4 is 10.6 Å². The molecule has 0 spiro atoms. The summed E-state index contributed by atoms with van der Waals surface area (Å²) in [5.74, 6) is -1.80. The van der Waals surface area contributed by atoms with Crippen molar-refractivity contribution in [1.82, 2.24) is 15.5 Å². The SMILES string of the molecule is N#Cc1cn[nH]c1NC(=O)C(=O)N[C@@H](CO)Cc1ccccc1. The number of aliphatic hydroxyl groups excluding tert-OH is 1. The van der Waals surface area contributed by atoms with Gasteiger partial charge >= 0.3 is 11.8 Å². The quantitative estimate of drug-likeness (QED) is 0.574. The second kappa shape index (κ2) is 7.72. The number of nitrogens with zero attached hydrogens (tertiary/aromatic N) is 2. The average molecular weight is 313 g/mol. The lowest BCUT2D eigenvalue weighted by Crippen LogP contribution is -2.44. The minimum absolute atomic E-state index is 0.0521. The molecule has 118 valence electrons. The monoisotopic (exact) mass is 313 g/mol. The summed E-state index contributed by atoms with van der Waals surface area (Å²) in [5, 5.41) is 28.9. The molecule has 0 radical (unpaired) electrons. The largest absolute Gasteiger partial charge is 0.394 e. The van der Waals surface area contributed by atoms with Crippen molar-refractivity contribution in [2.24, 2.45) is 0 Å². The summed E-state index contributed by atoms with van der Waals surface area (Å²) < 4.78 is 0. The summed E-state index contributed by atoms with van der Waals surface area (Å²) in [4.78, 5) is 23.7. The van der Waals surface area contributed by atoms with Crippen LogP contribution in [0.2, 0.25) is 0 Å². The first-order chi connectivity index (χ1) is 11.1. The number of anilines is 1. The van der Waals surface area contributed by atoms with E-state index in [4.69, 9.17) is 5.26 Å². The average Bonchev–Trinajstić information content (AvgIpc) is 3.02. The van der Waals surface area contributed by atoms with Crippen LogP contribution in [-0.4, -0.2) is 39.8 Å². The first kappa shape index (κ1) is 16.2. The lowest BCUT2D eigenvalue weighted by Gasteiger charge is -2.16. The fourth-order valence-electron chi connectivity index (χ4n) is 1.95. The maximum Gasteiger partial charge on any atom is 0.314 e. The van der Waals surface area contributed by atoms with Crippen molar-refractivity contribution in [1.29, 1.82) is 5.26 Å². The molecule has 0 aliphatic rings. The van der Waals surface area contributed by atoms with Crippen LogP contribution in [0, 0.1) is 11.3 Å². The number of amides is 2. The molecule has 8 heteroatoms. The molecule has 0 saturated heterocycles. The van der Waals surface area contributed by atoms with E-state index < -0.39 is 17.9 Å². The molecule has 0 bridgehead atoms. The van der Waals surface area contributed by atoms with Crippen molar-refractivity contribution < 1.29 is 14.7 Å². The van der Waals surface area contributed by atoms with E-state index in [1.54, 1.807) is 0 Å². The van der Waals surface area contributed by atoms with Gasteiger partial charge in [-0.05, 0) is 12.0 Å². The van der Waals surface area contributed by atoms with Crippen molar-refractivity contribution in [3.05, 3.63) is 47.7 Å². The molecule has 1 aromatic carbocycles. The van der Waals surface area contributed by atoms with Gasteiger partial charge in [-0.1, -0.05) is 30.3 Å². The number of hydrogen-bond donors (Lipinski definition) is 4. The summed E-state index contributed by atoms with van der Waals surface area (Å²) in [7, 11) is 0. The van der Waals surface area contributed by atoms with Crippen LogP contribution in [0.15, 0.2) is 36.5 Å². The number of benzene rings is 1. The number of carbonyl (C=O) groups is 2. The van der Waals surface area contributed by atoms with Crippen molar-refractivity contribution >= 4 is 17.6 Å². The fourth-order valence-corrected chi connectivity index (χ4v) is 1.95. The second-order valence-corrected chi connectivity index (χ2v) is 4.77. The Morgan fingerprint density at radius 1 is 1.30 bits per heavy atom. The summed E-state index contributed by atoms with van der Waals surface area (Å²) in [5.41, 5.74) is 1.04. The van der Waals surface area contributed by atoms with Crippen LogP contribution in [0.5, 0.6) is 0 Å². The number of nitriles is 1. The van der Waals surface area contributed by atoms with Gasteiger partial charge in [-0.15, -0.1) is 0 Å². The zero-order valence-corrected chi connectivity index (χ0v) is 12.1. The van der Waals surface area contributed by atoms with Gasteiger partial charge in [-0.2, -0.15) is 10.4 Å². The third-order valence-electron chi connectivity index (χ3n) is 3.09. The van der Waals surface area contributed by atoms with E-state index in [2.05, 4.69) is 20.8 Å².